The highest BCUT2D eigenvalue weighted by atomic mass is 32.2. The normalized spacial score (nSPS) is 25.3. The summed E-state index contributed by atoms with van der Waals surface area (Å²) in [5.74, 6) is 0. The Morgan fingerprint density at radius 1 is 1.19 bits per heavy atom. The number of hydrogen-bond donors (Lipinski definition) is 5. The number of fused-ring (bicyclic) bond motifs is 1. The lowest BCUT2D eigenvalue weighted by atomic mass is 10.1. The number of aromatic nitrogens is 7. The van der Waals surface area contributed by atoms with Gasteiger partial charge in [-0.3, -0.25) is 14.3 Å². The highest BCUT2D eigenvalue weighted by Crippen LogP contribution is 2.33. The van der Waals surface area contributed by atoms with E-state index in [-0.39, 0.29) is 15.7 Å². The third kappa shape index (κ3) is 3.02. The maximum Gasteiger partial charge on any atom is 0.342 e. The van der Waals surface area contributed by atoms with E-state index in [1.165, 1.54) is 17.2 Å². The lowest BCUT2D eigenvalue weighted by molar-refractivity contribution is -0.0511. The SMILES string of the molecule is O=c1[nH]nc(Sc2ncnc3c2ncn3[C@H]2O[C@@H](CO)[C@H](O)[C@H]2O)c(=O)[nH]1. The summed E-state index contributed by atoms with van der Waals surface area (Å²) >= 11 is 0.870. The summed E-state index contributed by atoms with van der Waals surface area (Å²) < 4.78 is 6.87. The van der Waals surface area contributed by atoms with Gasteiger partial charge in [0.1, 0.15) is 35.2 Å². The van der Waals surface area contributed by atoms with Crippen molar-refractivity contribution < 1.29 is 20.1 Å². The molecule has 4 atom stereocenters. The molecule has 4 heterocycles. The number of ether oxygens (including phenoxy) is 1. The molecule has 4 rings (SSSR count). The van der Waals surface area contributed by atoms with E-state index >= 15 is 0 Å². The molecule has 27 heavy (non-hydrogen) atoms. The summed E-state index contributed by atoms with van der Waals surface area (Å²) in [4.78, 5) is 37.3. The number of aliphatic hydroxyl groups excluding tert-OH is 3. The number of rotatable bonds is 4. The van der Waals surface area contributed by atoms with Crippen LogP contribution in [0.4, 0.5) is 0 Å². The van der Waals surface area contributed by atoms with Crippen LogP contribution in [0.15, 0.2) is 32.3 Å². The molecule has 1 saturated heterocycles. The molecule has 0 unspecified atom stereocenters. The zero-order valence-electron chi connectivity index (χ0n) is 13.4. The lowest BCUT2D eigenvalue weighted by Crippen LogP contribution is -2.33. The van der Waals surface area contributed by atoms with Gasteiger partial charge in [0.25, 0.3) is 5.56 Å². The van der Waals surface area contributed by atoms with E-state index in [1.54, 1.807) is 0 Å². The highest BCUT2D eigenvalue weighted by Gasteiger charge is 2.44. The van der Waals surface area contributed by atoms with Crippen LogP contribution in [-0.4, -0.2) is 74.9 Å². The Labute approximate surface area is 153 Å². The average molecular weight is 395 g/mol. The van der Waals surface area contributed by atoms with Crippen molar-refractivity contribution in [2.45, 2.75) is 34.6 Å². The second-order valence-corrected chi connectivity index (χ2v) is 6.62. The molecule has 0 radical (unpaired) electrons. The number of hydrogen-bond acceptors (Lipinski definition) is 11. The molecule has 142 valence electrons. The van der Waals surface area contributed by atoms with Crippen molar-refractivity contribution in [2.75, 3.05) is 6.61 Å². The molecule has 1 aliphatic rings. The fraction of sp³-hybridized carbons (Fsp3) is 0.385. The Balaban J connectivity index is 1.72. The van der Waals surface area contributed by atoms with E-state index in [1.807, 2.05) is 0 Å². The average Bonchev–Trinajstić information content (AvgIpc) is 3.20. The zero-order chi connectivity index (χ0) is 19.1. The fourth-order valence-corrected chi connectivity index (χ4v) is 3.46. The number of aromatic amines is 2. The van der Waals surface area contributed by atoms with E-state index in [2.05, 4.69) is 30.1 Å². The summed E-state index contributed by atoms with van der Waals surface area (Å²) in [5.41, 5.74) is -0.833. The number of H-pyrrole nitrogens is 2. The summed E-state index contributed by atoms with van der Waals surface area (Å²) in [6, 6.07) is 0. The molecular weight excluding hydrogens is 382 g/mol. The van der Waals surface area contributed by atoms with Crippen LogP contribution in [0.25, 0.3) is 11.2 Å². The van der Waals surface area contributed by atoms with E-state index in [0.717, 1.165) is 11.8 Å². The molecule has 0 bridgehead atoms. The standard InChI is InChI=1S/C13H13N7O6S/c21-1-4-6(22)7(23)12(26-4)20-3-16-5-8(20)14-2-15-10(5)27-11-9(24)17-13(25)19-18-11/h2-4,6-7,12,21-23H,1H2,(H2,17,19,24,25)/t4-,6-,7+,12-/m0/s1. The van der Waals surface area contributed by atoms with E-state index in [0.29, 0.717) is 5.52 Å². The van der Waals surface area contributed by atoms with Crippen molar-refractivity contribution >= 4 is 22.9 Å². The Bertz CT molecular complexity index is 1100. The molecule has 3 aromatic heterocycles. The van der Waals surface area contributed by atoms with Crippen molar-refractivity contribution in [3.8, 4) is 0 Å². The molecule has 0 aromatic carbocycles. The second kappa shape index (κ2) is 6.82. The van der Waals surface area contributed by atoms with Crippen LogP contribution in [0.5, 0.6) is 0 Å². The van der Waals surface area contributed by atoms with Crippen molar-refractivity contribution in [1.82, 2.24) is 34.7 Å². The first kappa shape index (κ1) is 17.7. The minimum absolute atomic E-state index is 0.0444. The second-order valence-electron chi connectivity index (χ2n) is 5.65. The highest BCUT2D eigenvalue weighted by molar-refractivity contribution is 7.99. The molecule has 0 spiro atoms. The van der Waals surface area contributed by atoms with Gasteiger partial charge in [-0.05, 0) is 11.8 Å². The van der Waals surface area contributed by atoms with E-state index in [4.69, 9.17) is 4.74 Å². The predicted molar refractivity (Wildman–Crippen MR) is 87.9 cm³/mol. The van der Waals surface area contributed by atoms with Gasteiger partial charge in [-0.15, -0.1) is 0 Å². The van der Waals surface area contributed by atoms with Crippen LogP contribution >= 0.6 is 11.8 Å². The third-order valence-corrected chi connectivity index (χ3v) is 4.95. The number of imidazole rings is 1. The predicted octanol–water partition coefficient (Wildman–Crippen LogP) is -2.64. The largest absolute Gasteiger partial charge is 0.394 e. The van der Waals surface area contributed by atoms with Gasteiger partial charge in [0.2, 0.25) is 0 Å². The topological polar surface area (TPSA) is 192 Å². The monoisotopic (exact) mass is 395 g/mol. The first-order valence-corrected chi connectivity index (χ1v) is 8.48. The fourth-order valence-electron chi connectivity index (χ4n) is 2.70. The van der Waals surface area contributed by atoms with Crippen LogP contribution in [0.1, 0.15) is 6.23 Å². The molecule has 1 aliphatic heterocycles. The van der Waals surface area contributed by atoms with Crippen LogP contribution in [0.2, 0.25) is 0 Å². The maximum atomic E-state index is 11.8. The molecular formula is C13H13N7O6S. The van der Waals surface area contributed by atoms with Crippen LogP contribution in [-0.2, 0) is 4.74 Å². The van der Waals surface area contributed by atoms with Gasteiger partial charge in [-0.25, -0.2) is 24.8 Å². The van der Waals surface area contributed by atoms with Crippen molar-refractivity contribution in [3.05, 3.63) is 33.5 Å². The molecule has 5 N–H and O–H groups in total. The number of aliphatic hydroxyl groups is 3. The molecule has 1 fully saturated rings. The summed E-state index contributed by atoms with van der Waals surface area (Å²) in [5, 5.41) is 35.4. The maximum absolute atomic E-state index is 11.8. The number of nitrogens with zero attached hydrogens (tertiary/aromatic N) is 5. The van der Waals surface area contributed by atoms with Crippen LogP contribution in [0, 0.1) is 0 Å². The third-order valence-electron chi connectivity index (χ3n) is 3.99. The van der Waals surface area contributed by atoms with Gasteiger partial charge in [0.15, 0.2) is 16.9 Å². The summed E-state index contributed by atoms with van der Waals surface area (Å²) in [6.45, 7) is -0.460. The first-order valence-electron chi connectivity index (χ1n) is 7.66. The zero-order valence-corrected chi connectivity index (χ0v) is 14.2. The molecule has 3 aromatic rings. The van der Waals surface area contributed by atoms with Crippen molar-refractivity contribution in [3.63, 3.8) is 0 Å². The van der Waals surface area contributed by atoms with Crippen molar-refractivity contribution in [1.29, 1.82) is 0 Å². The van der Waals surface area contributed by atoms with E-state index in [9.17, 15) is 24.9 Å². The minimum Gasteiger partial charge on any atom is -0.394 e. The Kier molecular flexibility index (Phi) is 4.48. The Morgan fingerprint density at radius 3 is 2.70 bits per heavy atom. The first-order chi connectivity index (χ1) is 13.0. The summed E-state index contributed by atoms with van der Waals surface area (Å²) in [6.07, 6.45) is -1.95. The van der Waals surface area contributed by atoms with Crippen LogP contribution < -0.4 is 11.2 Å². The van der Waals surface area contributed by atoms with Gasteiger partial charge in [-0.2, -0.15) is 5.10 Å². The van der Waals surface area contributed by atoms with Gasteiger partial charge in [0.05, 0.1) is 12.9 Å². The molecule has 14 heteroatoms. The molecule has 0 saturated carbocycles. The van der Waals surface area contributed by atoms with Gasteiger partial charge in [0, 0.05) is 0 Å². The van der Waals surface area contributed by atoms with E-state index < -0.39 is 42.4 Å². The van der Waals surface area contributed by atoms with Crippen LogP contribution in [0.3, 0.4) is 0 Å². The Morgan fingerprint density at radius 2 is 2.00 bits per heavy atom. The van der Waals surface area contributed by atoms with Gasteiger partial charge < -0.3 is 20.1 Å². The lowest BCUT2D eigenvalue weighted by Gasteiger charge is -2.16. The minimum atomic E-state index is -1.30. The molecule has 0 aliphatic carbocycles. The summed E-state index contributed by atoms with van der Waals surface area (Å²) in [7, 11) is 0. The quantitative estimate of drug-likeness (QED) is 0.290. The smallest absolute Gasteiger partial charge is 0.342 e. The number of nitrogens with one attached hydrogen (secondary N) is 2. The van der Waals surface area contributed by atoms with Gasteiger partial charge in [-0.1, -0.05) is 0 Å². The Hall–Kier alpha value is -2.65. The molecule has 13 nitrogen and oxygen atoms in total. The van der Waals surface area contributed by atoms with Crippen molar-refractivity contribution in [2.24, 2.45) is 0 Å². The van der Waals surface area contributed by atoms with Gasteiger partial charge >= 0.3 is 5.69 Å². The molecule has 0 amide bonds.